The van der Waals surface area contributed by atoms with Crippen LogP contribution in [0.15, 0.2) is 78.9 Å². The minimum atomic E-state index is -1.11. The van der Waals surface area contributed by atoms with Crippen molar-refractivity contribution >= 4 is 58.2 Å². The Morgan fingerprint density at radius 3 is 2.33 bits per heavy atom. The van der Waals surface area contributed by atoms with Crippen LogP contribution in [0, 0.1) is 6.92 Å². The van der Waals surface area contributed by atoms with Gasteiger partial charge in [0.05, 0.1) is 27.2 Å². The second kappa shape index (κ2) is 17.3. The lowest BCUT2D eigenvalue weighted by atomic mass is 10.00. The van der Waals surface area contributed by atoms with Gasteiger partial charge >= 0.3 is 0 Å². The summed E-state index contributed by atoms with van der Waals surface area (Å²) in [4.78, 5) is 28.6. The molecule has 0 radical (unpaired) electrons. The third-order valence-electron chi connectivity index (χ3n) is 8.16. The molecule has 0 saturated carbocycles. The van der Waals surface area contributed by atoms with Gasteiger partial charge in [-0.3, -0.25) is 9.59 Å². The van der Waals surface area contributed by atoms with Gasteiger partial charge in [-0.1, -0.05) is 94.9 Å². The number of benzene rings is 4. The van der Waals surface area contributed by atoms with Crippen LogP contribution in [0.25, 0.3) is 0 Å². The van der Waals surface area contributed by atoms with Crippen molar-refractivity contribution < 1.29 is 28.9 Å². The van der Waals surface area contributed by atoms with E-state index in [1.165, 1.54) is 12.1 Å². The van der Waals surface area contributed by atoms with Crippen molar-refractivity contribution in [2.75, 3.05) is 26.5 Å². The summed E-state index contributed by atoms with van der Waals surface area (Å²) >= 11 is 24.5. The number of hydrogen-bond donors (Lipinski definition) is 2. The normalized spacial score (nSPS) is 13.1. The summed E-state index contributed by atoms with van der Waals surface area (Å²) in [6, 6.07) is 23.0. The molecule has 2 unspecified atom stereocenters. The van der Waals surface area contributed by atoms with E-state index >= 15 is 0 Å². The van der Waals surface area contributed by atoms with Gasteiger partial charge in [-0.05, 0) is 72.7 Å². The van der Waals surface area contributed by atoms with Gasteiger partial charge < -0.3 is 29.5 Å². The molecule has 4 aromatic carbocycles. The molecule has 8 nitrogen and oxygen atoms in total. The minimum absolute atomic E-state index is 0.0136. The fourth-order valence-electron chi connectivity index (χ4n) is 5.46. The Labute approximate surface area is 305 Å². The van der Waals surface area contributed by atoms with Gasteiger partial charge in [0.25, 0.3) is 5.91 Å². The molecule has 258 valence electrons. The Bertz CT molecular complexity index is 1770. The summed E-state index contributed by atoms with van der Waals surface area (Å²) in [5.41, 5.74) is 3.78. The third-order valence-corrected chi connectivity index (χ3v) is 9.60. The molecule has 0 bridgehead atoms. The number of halogens is 4. The first-order chi connectivity index (χ1) is 23.5. The zero-order valence-electron chi connectivity index (χ0n) is 26.8. The molecular formula is C37H36Cl4N2O6. The maximum Gasteiger partial charge on any atom is 0.258 e. The zero-order chi connectivity index (χ0) is 34.9. The van der Waals surface area contributed by atoms with Crippen molar-refractivity contribution in [2.24, 2.45) is 0 Å². The highest BCUT2D eigenvalue weighted by Crippen LogP contribution is 2.34. The first-order valence-electron chi connectivity index (χ1n) is 15.8. The SMILES string of the molecule is Cc1cc(CCC(=O)N(CCc2ccc3c(c2)OCO3)CC(O)C(Cc2ccccc2)NC(=O)COc2cc(Cl)c(Cl)cc2Cl)ccc1Cl. The molecule has 49 heavy (non-hydrogen) atoms. The number of aryl methyl sites for hydroxylation is 2. The molecule has 2 atom stereocenters. The van der Waals surface area contributed by atoms with Crippen molar-refractivity contribution in [1.29, 1.82) is 0 Å². The van der Waals surface area contributed by atoms with Crippen LogP contribution in [0.3, 0.4) is 0 Å². The smallest absolute Gasteiger partial charge is 0.258 e. The number of hydrogen-bond acceptors (Lipinski definition) is 6. The van der Waals surface area contributed by atoms with E-state index in [9.17, 15) is 14.7 Å². The van der Waals surface area contributed by atoms with Crippen LogP contribution in [0.2, 0.25) is 20.1 Å². The molecule has 1 heterocycles. The summed E-state index contributed by atoms with van der Waals surface area (Å²) in [6.45, 7) is 2.02. The maximum absolute atomic E-state index is 13.8. The van der Waals surface area contributed by atoms with Gasteiger partial charge in [-0.25, -0.2) is 0 Å². The monoisotopic (exact) mass is 744 g/mol. The molecule has 0 aromatic heterocycles. The predicted octanol–water partition coefficient (Wildman–Crippen LogP) is 7.51. The van der Waals surface area contributed by atoms with E-state index in [0.717, 1.165) is 22.3 Å². The van der Waals surface area contributed by atoms with E-state index in [0.29, 0.717) is 42.3 Å². The Morgan fingerprint density at radius 1 is 0.837 bits per heavy atom. The van der Waals surface area contributed by atoms with Crippen molar-refractivity contribution in [3.63, 3.8) is 0 Å². The third kappa shape index (κ3) is 10.4. The number of carbonyl (C=O) groups is 2. The number of nitrogens with zero attached hydrogens (tertiary/aromatic N) is 1. The number of aliphatic hydroxyl groups excluding tert-OH is 1. The molecule has 4 aromatic rings. The lowest BCUT2D eigenvalue weighted by molar-refractivity contribution is -0.133. The van der Waals surface area contributed by atoms with Gasteiger partial charge in [0.1, 0.15) is 5.75 Å². The molecule has 0 aliphatic carbocycles. The van der Waals surface area contributed by atoms with Crippen molar-refractivity contribution in [1.82, 2.24) is 10.2 Å². The molecule has 12 heteroatoms. The molecule has 0 fully saturated rings. The van der Waals surface area contributed by atoms with Crippen LogP contribution in [0.1, 0.15) is 28.7 Å². The summed E-state index contributed by atoms with van der Waals surface area (Å²) in [7, 11) is 0. The first kappa shape index (κ1) is 36.6. The van der Waals surface area contributed by atoms with Crippen LogP contribution in [0.5, 0.6) is 17.2 Å². The highest BCUT2D eigenvalue weighted by molar-refractivity contribution is 6.43. The van der Waals surface area contributed by atoms with E-state index in [1.54, 1.807) is 4.90 Å². The highest BCUT2D eigenvalue weighted by atomic mass is 35.5. The number of aliphatic hydroxyl groups is 1. The first-order valence-corrected chi connectivity index (χ1v) is 17.3. The van der Waals surface area contributed by atoms with E-state index in [-0.39, 0.29) is 53.1 Å². The Morgan fingerprint density at radius 2 is 1.55 bits per heavy atom. The van der Waals surface area contributed by atoms with Gasteiger partial charge in [0.15, 0.2) is 18.1 Å². The van der Waals surface area contributed by atoms with Crippen LogP contribution in [-0.2, 0) is 28.9 Å². The fourth-order valence-corrected chi connectivity index (χ4v) is 6.17. The van der Waals surface area contributed by atoms with Gasteiger partial charge in [0.2, 0.25) is 12.7 Å². The highest BCUT2D eigenvalue weighted by Gasteiger charge is 2.27. The largest absolute Gasteiger partial charge is 0.482 e. The van der Waals surface area contributed by atoms with Crippen molar-refractivity contribution in [3.8, 4) is 17.2 Å². The number of fused-ring (bicyclic) bond motifs is 1. The minimum Gasteiger partial charge on any atom is -0.482 e. The standard InChI is InChI=1S/C37H36Cl4N2O6/c1-23-15-25(7-10-27(23)38)9-12-37(46)43(14-13-26-8-11-33-35(17-26)49-22-48-33)20-32(44)31(16-24-5-3-2-4-6-24)42-36(45)21-47-34-19-29(40)28(39)18-30(34)41/h2-8,10-11,15,17-19,31-32,44H,9,12-14,16,20-22H2,1H3,(H,42,45). The summed E-state index contributed by atoms with van der Waals surface area (Å²) < 4.78 is 16.6. The van der Waals surface area contributed by atoms with Crippen LogP contribution in [-0.4, -0.2) is 60.5 Å². The van der Waals surface area contributed by atoms with E-state index in [4.69, 9.17) is 60.6 Å². The molecule has 1 aliphatic heterocycles. The number of amides is 2. The van der Waals surface area contributed by atoms with E-state index < -0.39 is 18.1 Å². The lowest BCUT2D eigenvalue weighted by Gasteiger charge is -2.30. The molecule has 2 N–H and O–H groups in total. The molecule has 5 rings (SSSR count). The average molecular weight is 747 g/mol. The summed E-state index contributed by atoms with van der Waals surface area (Å²) in [6.07, 6.45) is 0.449. The van der Waals surface area contributed by atoms with Crippen LogP contribution in [0.4, 0.5) is 0 Å². The lowest BCUT2D eigenvalue weighted by Crippen LogP contribution is -2.51. The van der Waals surface area contributed by atoms with Gasteiger partial charge in [-0.2, -0.15) is 0 Å². The second-order valence-electron chi connectivity index (χ2n) is 11.8. The van der Waals surface area contributed by atoms with Gasteiger partial charge in [0, 0.05) is 30.6 Å². The average Bonchev–Trinajstić information content (AvgIpc) is 3.56. The maximum atomic E-state index is 13.8. The van der Waals surface area contributed by atoms with E-state index in [2.05, 4.69) is 5.32 Å². The molecule has 0 spiro atoms. The zero-order valence-corrected chi connectivity index (χ0v) is 29.8. The topological polar surface area (TPSA) is 97.3 Å². The molecule has 0 saturated heterocycles. The molecular weight excluding hydrogens is 710 g/mol. The summed E-state index contributed by atoms with van der Waals surface area (Å²) in [5.74, 6) is 0.912. The Balaban J connectivity index is 1.30. The second-order valence-corrected chi connectivity index (χ2v) is 13.4. The summed E-state index contributed by atoms with van der Waals surface area (Å²) in [5, 5.41) is 15.9. The molecule has 2 amide bonds. The quantitative estimate of drug-likeness (QED) is 0.122. The van der Waals surface area contributed by atoms with Gasteiger partial charge in [-0.15, -0.1) is 0 Å². The number of nitrogens with one attached hydrogen (secondary N) is 1. The number of carbonyl (C=O) groups excluding carboxylic acids is 2. The number of ether oxygens (including phenoxy) is 3. The van der Waals surface area contributed by atoms with Crippen molar-refractivity contribution in [3.05, 3.63) is 121 Å². The molecule has 1 aliphatic rings. The number of rotatable bonds is 15. The Hall–Kier alpha value is -3.66. The fraction of sp³-hybridized carbons (Fsp3) is 0.297. The van der Waals surface area contributed by atoms with Crippen LogP contribution < -0.4 is 19.5 Å². The van der Waals surface area contributed by atoms with Crippen LogP contribution >= 0.6 is 46.4 Å². The Kier molecular flexibility index (Phi) is 12.9. The van der Waals surface area contributed by atoms with Crippen molar-refractivity contribution in [2.45, 2.75) is 44.8 Å². The predicted molar refractivity (Wildman–Crippen MR) is 192 cm³/mol. The van der Waals surface area contributed by atoms with E-state index in [1.807, 2.05) is 73.7 Å².